The molecule has 8 heteroatoms. The predicted molar refractivity (Wildman–Crippen MR) is 62.7 cm³/mol. The molecule has 0 bridgehead atoms. The highest BCUT2D eigenvalue weighted by atomic mass is 19.4. The molecule has 0 aromatic heterocycles. The van der Waals surface area contributed by atoms with Gasteiger partial charge in [0.15, 0.2) is 0 Å². The monoisotopic (exact) mass is 284 g/mol. The second kappa shape index (κ2) is 7.20. The standard InChI is InChI=1S/C11H19F3N2O3/c1-10(2,4-3-8(17)18)5-6-15-9(19)16-7-11(12,13)14/h3-7H2,1-2H3,(H,17,18)(H2,15,16,19). The second-order valence-electron chi connectivity index (χ2n) is 5.03. The zero-order valence-corrected chi connectivity index (χ0v) is 10.9. The number of amides is 2. The number of carboxylic acids is 1. The van der Waals surface area contributed by atoms with Crippen LogP contribution in [0.3, 0.4) is 0 Å². The Morgan fingerprint density at radius 2 is 1.68 bits per heavy atom. The molecule has 0 aliphatic rings. The van der Waals surface area contributed by atoms with Crippen molar-refractivity contribution in [1.82, 2.24) is 10.6 Å². The molecular weight excluding hydrogens is 265 g/mol. The Morgan fingerprint density at radius 3 is 2.16 bits per heavy atom. The predicted octanol–water partition coefficient (Wildman–Crippen LogP) is 2.13. The van der Waals surface area contributed by atoms with Crippen molar-refractivity contribution in [3.05, 3.63) is 0 Å². The van der Waals surface area contributed by atoms with Gasteiger partial charge in [-0.05, 0) is 18.3 Å². The lowest BCUT2D eigenvalue weighted by atomic mass is 9.84. The van der Waals surface area contributed by atoms with Crippen LogP contribution in [0.25, 0.3) is 0 Å². The van der Waals surface area contributed by atoms with Crippen LogP contribution in [0.4, 0.5) is 18.0 Å². The molecule has 0 heterocycles. The van der Waals surface area contributed by atoms with Crippen molar-refractivity contribution < 1.29 is 27.9 Å². The highest BCUT2D eigenvalue weighted by Gasteiger charge is 2.27. The van der Waals surface area contributed by atoms with Gasteiger partial charge < -0.3 is 15.7 Å². The number of rotatable bonds is 7. The van der Waals surface area contributed by atoms with Crippen LogP contribution in [0.15, 0.2) is 0 Å². The Kier molecular flexibility index (Phi) is 6.64. The van der Waals surface area contributed by atoms with Gasteiger partial charge in [-0.1, -0.05) is 13.8 Å². The molecule has 112 valence electrons. The summed E-state index contributed by atoms with van der Waals surface area (Å²) < 4.78 is 35.4. The molecule has 5 nitrogen and oxygen atoms in total. The Bertz CT molecular complexity index is 317. The van der Waals surface area contributed by atoms with Crippen LogP contribution in [-0.4, -0.2) is 36.4 Å². The number of hydrogen-bond donors (Lipinski definition) is 3. The average molecular weight is 284 g/mol. The van der Waals surface area contributed by atoms with Gasteiger partial charge in [0.2, 0.25) is 0 Å². The Labute approximate surface area is 109 Å². The Hall–Kier alpha value is -1.47. The maximum absolute atomic E-state index is 11.8. The maximum atomic E-state index is 11.8. The van der Waals surface area contributed by atoms with Crippen molar-refractivity contribution in [2.45, 2.75) is 39.3 Å². The summed E-state index contributed by atoms with van der Waals surface area (Å²) in [4.78, 5) is 21.4. The van der Waals surface area contributed by atoms with E-state index >= 15 is 0 Å². The van der Waals surface area contributed by atoms with Crippen molar-refractivity contribution in [3.8, 4) is 0 Å². The van der Waals surface area contributed by atoms with Crippen molar-refractivity contribution in [3.63, 3.8) is 0 Å². The Morgan fingerprint density at radius 1 is 1.11 bits per heavy atom. The van der Waals surface area contributed by atoms with Gasteiger partial charge in [-0.2, -0.15) is 13.2 Å². The summed E-state index contributed by atoms with van der Waals surface area (Å²) in [6.45, 7) is 2.49. The normalized spacial score (nSPS) is 12.1. The smallest absolute Gasteiger partial charge is 0.405 e. The quantitative estimate of drug-likeness (QED) is 0.670. The summed E-state index contributed by atoms with van der Waals surface area (Å²) in [6, 6.07) is -0.883. The highest BCUT2D eigenvalue weighted by molar-refractivity contribution is 5.73. The van der Waals surface area contributed by atoms with E-state index in [9.17, 15) is 22.8 Å². The van der Waals surface area contributed by atoms with Crippen LogP contribution in [0.2, 0.25) is 0 Å². The first-order valence-electron chi connectivity index (χ1n) is 5.82. The molecule has 0 saturated carbocycles. The van der Waals surface area contributed by atoms with Gasteiger partial charge in [0, 0.05) is 13.0 Å². The number of hydrogen-bond acceptors (Lipinski definition) is 2. The van der Waals surface area contributed by atoms with Gasteiger partial charge in [0.05, 0.1) is 0 Å². The molecule has 0 unspecified atom stereocenters. The van der Waals surface area contributed by atoms with E-state index in [2.05, 4.69) is 5.32 Å². The first-order chi connectivity index (χ1) is 8.52. The number of carbonyl (C=O) groups is 2. The topological polar surface area (TPSA) is 78.4 Å². The zero-order chi connectivity index (χ0) is 15.1. The highest BCUT2D eigenvalue weighted by Crippen LogP contribution is 2.25. The molecule has 0 atom stereocenters. The summed E-state index contributed by atoms with van der Waals surface area (Å²) in [5.74, 6) is -0.899. The fourth-order valence-electron chi connectivity index (χ4n) is 1.33. The third kappa shape index (κ3) is 11.4. The van der Waals surface area contributed by atoms with Crippen LogP contribution in [0.5, 0.6) is 0 Å². The summed E-state index contributed by atoms with van der Waals surface area (Å²) in [5.41, 5.74) is -0.296. The lowest BCUT2D eigenvalue weighted by Crippen LogP contribution is -2.41. The summed E-state index contributed by atoms with van der Waals surface area (Å²) in [7, 11) is 0. The number of carboxylic acid groups (broad SMARTS) is 1. The average Bonchev–Trinajstić information content (AvgIpc) is 2.23. The number of alkyl halides is 3. The van der Waals surface area contributed by atoms with Crippen molar-refractivity contribution in [2.24, 2.45) is 5.41 Å². The Balaban J connectivity index is 3.83. The lowest BCUT2D eigenvalue weighted by Gasteiger charge is -2.23. The maximum Gasteiger partial charge on any atom is 0.405 e. The van der Waals surface area contributed by atoms with Gasteiger partial charge in [0.1, 0.15) is 6.54 Å². The van der Waals surface area contributed by atoms with Gasteiger partial charge >= 0.3 is 18.2 Å². The first kappa shape index (κ1) is 17.5. The van der Waals surface area contributed by atoms with E-state index in [4.69, 9.17) is 5.11 Å². The van der Waals surface area contributed by atoms with E-state index in [1.54, 1.807) is 5.32 Å². The molecule has 0 aliphatic heterocycles. The first-order valence-corrected chi connectivity index (χ1v) is 5.82. The van der Waals surface area contributed by atoms with Crippen molar-refractivity contribution in [2.75, 3.05) is 13.1 Å². The number of halogens is 3. The summed E-state index contributed by atoms with van der Waals surface area (Å²) in [5, 5.41) is 12.5. The van der Waals surface area contributed by atoms with Crippen molar-refractivity contribution >= 4 is 12.0 Å². The SMILES string of the molecule is CC(C)(CCNC(=O)NCC(F)(F)F)CCC(=O)O. The summed E-state index contributed by atoms with van der Waals surface area (Å²) in [6.07, 6.45) is -3.49. The molecule has 0 aromatic carbocycles. The molecule has 19 heavy (non-hydrogen) atoms. The molecular formula is C11H19F3N2O3. The fourth-order valence-corrected chi connectivity index (χ4v) is 1.33. The molecule has 0 aromatic rings. The van der Waals surface area contributed by atoms with Gasteiger partial charge in [-0.15, -0.1) is 0 Å². The molecule has 0 fully saturated rings. The van der Waals surface area contributed by atoms with Crippen LogP contribution in [-0.2, 0) is 4.79 Å². The molecule has 0 aliphatic carbocycles. The van der Waals surface area contributed by atoms with E-state index in [-0.39, 0.29) is 18.4 Å². The van der Waals surface area contributed by atoms with Gasteiger partial charge in [-0.3, -0.25) is 4.79 Å². The molecule has 0 spiro atoms. The number of nitrogens with one attached hydrogen (secondary N) is 2. The van der Waals surface area contributed by atoms with Gasteiger partial charge in [-0.25, -0.2) is 4.79 Å². The third-order valence-electron chi connectivity index (χ3n) is 2.55. The fraction of sp³-hybridized carbons (Fsp3) is 0.818. The van der Waals surface area contributed by atoms with Crippen LogP contribution in [0, 0.1) is 5.41 Å². The van der Waals surface area contributed by atoms with E-state index in [1.165, 1.54) is 0 Å². The van der Waals surface area contributed by atoms with E-state index in [1.807, 2.05) is 13.8 Å². The number of aliphatic carboxylic acids is 1. The van der Waals surface area contributed by atoms with Crippen molar-refractivity contribution in [1.29, 1.82) is 0 Å². The van der Waals surface area contributed by atoms with E-state index in [0.29, 0.717) is 12.8 Å². The van der Waals surface area contributed by atoms with Crippen LogP contribution >= 0.6 is 0 Å². The molecule has 0 radical (unpaired) electrons. The zero-order valence-electron chi connectivity index (χ0n) is 10.9. The van der Waals surface area contributed by atoms with E-state index < -0.39 is 24.7 Å². The molecule has 0 rings (SSSR count). The minimum absolute atomic E-state index is 0.0211. The molecule has 0 saturated heterocycles. The number of carbonyl (C=O) groups excluding carboxylic acids is 1. The minimum Gasteiger partial charge on any atom is -0.481 e. The third-order valence-corrected chi connectivity index (χ3v) is 2.55. The second-order valence-corrected chi connectivity index (χ2v) is 5.03. The number of urea groups is 1. The molecule has 2 amide bonds. The summed E-state index contributed by atoms with van der Waals surface area (Å²) >= 11 is 0. The van der Waals surface area contributed by atoms with E-state index in [0.717, 1.165) is 0 Å². The van der Waals surface area contributed by atoms with Crippen LogP contribution < -0.4 is 10.6 Å². The largest absolute Gasteiger partial charge is 0.481 e. The van der Waals surface area contributed by atoms with Crippen LogP contribution in [0.1, 0.15) is 33.1 Å². The molecule has 3 N–H and O–H groups in total. The van der Waals surface area contributed by atoms with Gasteiger partial charge in [0.25, 0.3) is 0 Å². The lowest BCUT2D eigenvalue weighted by molar-refractivity contribution is -0.137. The minimum atomic E-state index is -4.43.